The van der Waals surface area contributed by atoms with E-state index in [4.69, 9.17) is 5.73 Å². The molecule has 4 heteroatoms. The second kappa shape index (κ2) is 6.58. The van der Waals surface area contributed by atoms with Crippen molar-refractivity contribution in [2.24, 2.45) is 11.7 Å². The first-order chi connectivity index (χ1) is 9.89. The summed E-state index contributed by atoms with van der Waals surface area (Å²) in [6.07, 6.45) is 3.65. The lowest BCUT2D eigenvalue weighted by Gasteiger charge is -2.35. The van der Waals surface area contributed by atoms with Gasteiger partial charge in [-0.3, -0.25) is 4.79 Å². The summed E-state index contributed by atoms with van der Waals surface area (Å²) in [4.78, 5) is 12.1. The highest BCUT2D eigenvalue weighted by atomic mass is 16.3. The number of rotatable bonds is 4. The molecule has 3 unspecified atom stereocenters. The first-order valence-corrected chi connectivity index (χ1v) is 7.72. The van der Waals surface area contributed by atoms with Gasteiger partial charge in [-0.2, -0.15) is 0 Å². The minimum atomic E-state index is -0.777. The fourth-order valence-electron chi connectivity index (χ4n) is 3.08. The Morgan fingerprint density at radius 1 is 1.48 bits per heavy atom. The van der Waals surface area contributed by atoms with Gasteiger partial charge in [-0.1, -0.05) is 49.6 Å². The average molecular weight is 290 g/mol. The van der Waals surface area contributed by atoms with Crippen LogP contribution >= 0.6 is 0 Å². The number of amides is 1. The number of carbonyl (C=O) groups excluding carboxylic acids is 1. The van der Waals surface area contributed by atoms with E-state index in [1.807, 2.05) is 31.2 Å². The van der Waals surface area contributed by atoms with Crippen LogP contribution in [0.3, 0.4) is 0 Å². The maximum absolute atomic E-state index is 12.1. The second-order valence-electron chi connectivity index (χ2n) is 6.53. The topological polar surface area (TPSA) is 75.4 Å². The van der Waals surface area contributed by atoms with E-state index in [9.17, 15) is 9.90 Å². The van der Waals surface area contributed by atoms with Gasteiger partial charge in [-0.15, -0.1) is 0 Å². The van der Waals surface area contributed by atoms with Gasteiger partial charge in [0.1, 0.15) is 6.04 Å². The van der Waals surface area contributed by atoms with Crippen molar-refractivity contribution >= 4 is 5.91 Å². The van der Waals surface area contributed by atoms with Crippen LogP contribution in [0.5, 0.6) is 0 Å². The lowest BCUT2D eigenvalue weighted by Crippen LogP contribution is -2.47. The number of hydrogen-bond acceptors (Lipinski definition) is 3. The molecular weight excluding hydrogens is 264 g/mol. The molecule has 0 aromatic heterocycles. The first kappa shape index (κ1) is 16.0. The van der Waals surface area contributed by atoms with Gasteiger partial charge < -0.3 is 16.2 Å². The zero-order chi connectivity index (χ0) is 15.5. The summed E-state index contributed by atoms with van der Waals surface area (Å²) in [5.74, 6) is 0.275. The van der Waals surface area contributed by atoms with Crippen molar-refractivity contribution in [3.63, 3.8) is 0 Å². The molecule has 0 aliphatic heterocycles. The van der Waals surface area contributed by atoms with Crippen molar-refractivity contribution in [3.05, 3.63) is 35.4 Å². The van der Waals surface area contributed by atoms with Crippen molar-refractivity contribution < 1.29 is 9.90 Å². The van der Waals surface area contributed by atoms with Crippen LogP contribution in [0.25, 0.3) is 0 Å². The summed E-state index contributed by atoms with van der Waals surface area (Å²) in [5, 5.41) is 13.3. The highest BCUT2D eigenvalue weighted by Gasteiger charge is 2.33. The quantitative estimate of drug-likeness (QED) is 0.794. The third kappa shape index (κ3) is 4.29. The summed E-state index contributed by atoms with van der Waals surface area (Å²) < 4.78 is 0. The number of aryl methyl sites for hydroxylation is 1. The van der Waals surface area contributed by atoms with Crippen LogP contribution in [0.1, 0.15) is 49.8 Å². The van der Waals surface area contributed by atoms with Gasteiger partial charge in [-0.05, 0) is 31.2 Å². The van der Waals surface area contributed by atoms with E-state index in [1.54, 1.807) is 0 Å². The zero-order valence-corrected chi connectivity index (χ0v) is 12.9. The molecule has 0 spiro atoms. The Morgan fingerprint density at radius 3 is 2.76 bits per heavy atom. The molecular formula is C17H26N2O2. The molecule has 1 aliphatic rings. The van der Waals surface area contributed by atoms with Gasteiger partial charge in [-0.25, -0.2) is 0 Å². The summed E-state index contributed by atoms with van der Waals surface area (Å²) in [6.45, 7) is 4.43. The van der Waals surface area contributed by atoms with E-state index in [0.717, 1.165) is 36.8 Å². The van der Waals surface area contributed by atoms with Crippen molar-refractivity contribution in [2.75, 3.05) is 6.54 Å². The van der Waals surface area contributed by atoms with Crippen molar-refractivity contribution in [3.8, 4) is 0 Å². The lowest BCUT2D eigenvalue weighted by molar-refractivity contribution is -0.124. The standard InChI is InChI=1S/C17H26N2O2/c1-12-5-7-14(8-6-12)15(18)16(20)19-11-17(21)9-3-4-13(2)10-17/h5-8,13,15,21H,3-4,9-11,18H2,1-2H3,(H,19,20). The van der Waals surface area contributed by atoms with Crippen LogP contribution < -0.4 is 11.1 Å². The summed E-state index contributed by atoms with van der Waals surface area (Å²) in [5.41, 5.74) is 7.13. The first-order valence-electron chi connectivity index (χ1n) is 7.72. The lowest BCUT2D eigenvalue weighted by atomic mass is 9.79. The molecule has 0 saturated heterocycles. The molecule has 21 heavy (non-hydrogen) atoms. The highest BCUT2D eigenvalue weighted by Crippen LogP contribution is 2.31. The third-order valence-corrected chi connectivity index (χ3v) is 4.38. The molecule has 0 radical (unpaired) electrons. The Bertz CT molecular complexity index is 486. The van der Waals surface area contributed by atoms with Crippen LogP contribution in [0.2, 0.25) is 0 Å². The molecule has 2 rings (SSSR count). The van der Waals surface area contributed by atoms with E-state index in [1.165, 1.54) is 0 Å². The molecule has 1 saturated carbocycles. The molecule has 1 amide bonds. The smallest absolute Gasteiger partial charge is 0.241 e. The molecule has 3 atom stereocenters. The van der Waals surface area contributed by atoms with E-state index in [-0.39, 0.29) is 12.5 Å². The number of aliphatic hydroxyl groups is 1. The Kier molecular flexibility index (Phi) is 5.01. The minimum Gasteiger partial charge on any atom is -0.388 e. The third-order valence-electron chi connectivity index (χ3n) is 4.38. The maximum Gasteiger partial charge on any atom is 0.241 e. The molecule has 4 nitrogen and oxygen atoms in total. The molecule has 1 fully saturated rings. The van der Waals surface area contributed by atoms with Gasteiger partial charge in [0.2, 0.25) is 5.91 Å². The molecule has 1 aromatic carbocycles. The maximum atomic E-state index is 12.1. The summed E-state index contributed by atoms with van der Waals surface area (Å²) in [6, 6.07) is 6.95. The van der Waals surface area contributed by atoms with E-state index < -0.39 is 11.6 Å². The summed E-state index contributed by atoms with van der Waals surface area (Å²) in [7, 11) is 0. The van der Waals surface area contributed by atoms with Gasteiger partial charge in [0, 0.05) is 6.54 Å². The van der Waals surface area contributed by atoms with Crippen LogP contribution in [0, 0.1) is 12.8 Å². The Labute approximate surface area is 126 Å². The second-order valence-corrected chi connectivity index (χ2v) is 6.53. The van der Waals surface area contributed by atoms with E-state index in [2.05, 4.69) is 12.2 Å². The van der Waals surface area contributed by atoms with E-state index in [0.29, 0.717) is 5.92 Å². The number of carbonyl (C=O) groups is 1. The van der Waals surface area contributed by atoms with Crippen LogP contribution in [-0.2, 0) is 4.79 Å². The largest absolute Gasteiger partial charge is 0.388 e. The molecule has 1 aliphatic carbocycles. The predicted octanol–water partition coefficient (Wildman–Crippen LogP) is 2.05. The minimum absolute atomic E-state index is 0.231. The normalized spacial score (nSPS) is 27.1. The number of nitrogens with two attached hydrogens (primary N) is 1. The van der Waals surface area contributed by atoms with Gasteiger partial charge in [0.15, 0.2) is 0 Å². The van der Waals surface area contributed by atoms with E-state index >= 15 is 0 Å². The SMILES string of the molecule is Cc1ccc(C(N)C(=O)NCC2(O)CCCC(C)C2)cc1. The highest BCUT2D eigenvalue weighted by molar-refractivity contribution is 5.83. The fraction of sp³-hybridized carbons (Fsp3) is 0.588. The molecule has 0 bridgehead atoms. The number of benzene rings is 1. The average Bonchev–Trinajstić information content (AvgIpc) is 2.45. The van der Waals surface area contributed by atoms with Gasteiger partial charge in [0.25, 0.3) is 0 Å². The summed E-state index contributed by atoms with van der Waals surface area (Å²) >= 11 is 0. The fourth-order valence-corrected chi connectivity index (χ4v) is 3.08. The predicted molar refractivity (Wildman–Crippen MR) is 83.7 cm³/mol. The van der Waals surface area contributed by atoms with Crippen LogP contribution in [-0.4, -0.2) is 23.2 Å². The zero-order valence-electron chi connectivity index (χ0n) is 12.9. The van der Waals surface area contributed by atoms with Crippen molar-refractivity contribution in [2.45, 2.75) is 51.2 Å². The molecule has 4 N–H and O–H groups in total. The molecule has 1 aromatic rings. The molecule has 116 valence electrons. The Balaban J connectivity index is 1.90. The van der Waals surface area contributed by atoms with Crippen LogP contribution in [0.4, 0.5) is 0 Å². The van der Waals surface area contributed by atoms with Crippen LogP contribution in [0.15, 0.2) is 24.3 Å². The van der Waals surface area contributed by atoms with Crippen molar-refractivity contribution in [1.82, 2.24) is 5.32 Å². The molecule has 0 heterocycles. The van der Waals surface area contributed by atoms with Crippen molar-refractivity contribution in [1.29, 1.82) is 0 Å². The Morgan fingerprint density at radius 2 is 2.14 bits per heavy atom. The number of nitrogens with one attached hydrogen (secondary N) is 1. The Hall–Kier alpha value is -1.39. The number of hydrogen-bond donors (Lipinski definition) is 3. The monoisotopic (exact) mass is 290 g/mol. The van der Waals surface area contributed by atoms with Gasteiger partial charge >= 0.3 is 0 Å². The van der Waals surface area contributed by atoms with Gasteiger partial charge in [0.05, 0.1) is 5.60 Å².